The van der Waals surface area contributed by atoms with Gasteiger partial charge >= 0.3 is 0 Å². The number of carbonyl (C=O) groups is 1. The van der Waals surface area contributed by atoms with Gasteiger partial charge in [0.25, 0.3) is 0 Å². The van der Waals surface area contributed by atoms with E-state index in [1.165, 1.54) is 17.3 Å². The molecular weight excluding hydrogens is 311 g/mol. The summed E-state index contributed by atoms with van der Waals surface area (Å²) in [5.74, 6) is -0.117. The number of carbonyl (C=O) groups excluding carboxylic acids is 1. The lowest BCUT2D eigenvalue weighted by Crippen LogP contribution is -2.33. The van der Waals surface area contributed by atoms with Gasteiger partial charge in [0.1, 0.15) is 18.7 Å². The second kappa shape index (κ2) is 6.91. The van der Waals surface area contributed by atoms with E-state index < -0.39 is 6.04 Å². The minimum absolute atomic E-state index is 0.0121. The Morgan fingerprint density at radius 3 is 2.57 bits per heavy atom. The summed E-state index contributed by atoms with van der Waals surface area (Å²) in [7, 11) is 0. The summed E-state index contributed by atoms with van der Waals surface area (Å²) in [5.41, 5.74) is 0.842. The quantitative estimate of drug-likeness (QED) is 0.918. The molecule has 2 aromatic rings. The lowest BCUT2D eigenvalue weighted by atomic mass is 10.0. The van der Waals surface area contributed by atoms with Crippen molar-refractivity contribution in [1.82, 2.24) is 20.1 Å². The van der Waals surface area contributed by atoms with E-state index in [9.17, 15) is 4.79 Å². The molecule has 0 aliphatic heterocycles. The molecule has 0 bridgehead atoms. The molecule has 0 unspecified atom stereocenters. The van der Waals surface area contributed by atoms with Crippen molar-refractivity contribution in [3.05, 3.63) is 46.5 Å². The number of benzene rings is 1. The first kappa shape index (κ1) is 15.8. The van der Waals surface area contributed by atoms with E-state index in [0.29, 0.717) is 16.6 Å². The maximum absolute atomic E-state index is 12.1. The van der Waals surface area contributed by atoms with Crippen molar-refractivity contribution < 1.29 is 4.79 Å². The van der Waals surface area contributed by atoms with Crippen LogP contribution in [-0.4, -0.2) is 27.2 Å². The van der Waals surface area contributed by atoms with Gasteiger partial charge in [0, 0.05) is 22.5 Å². The van der Waals surface area contributed by atoms with Gasteiger partial charge < -0.3 is 5.32 Å². The summed E-state index contributed by atoms with van der Waals surface area (Å²) in [6.07, 6.45) is 2.91. The number of hydrogen-bond acceptors (Lipinski definition) is 3. The zero-order valence-electron chi connectivity index (χ0n) is 11.8. The molecule has 2 atom stereocenters. The van der Waals surface area contributed by atoms with Gasteiger partial charge in [0.15, 0.2) is 0 Å². The number of amides is 1. The molecule has 5 nitrogen and oxygen atoms in total. The topological polar surface area (TPSA) is 59.8 Å². The molecule has 0 saturated carbocycles. The summed E-state index contributed by atoms with van der Waals surface area (Å²) in [5, 5.41) is 8.04. The molecule has 0 fully saturated rings. The molecule has 1 aromatic carbocycles. The smallest absolute Gasteiger partial charge is 0.244 e. The Morgan fingerprint density at radius 2 is 2.00 bits per heavy atom. The molecule has 0 saturated heterocycles. The van der Waals surface area contributed by atoms with Crippen molar-refractivity contribution in [2.45, 2.75) is 25.8 Å². The van der Waals surface area contributed by atoms with E-state index in [2.05, 4.69) is 15.4 Å². The Bertz CT molecular complexity index is 595. The van der Waals surface area contributed by atoms with Gasteiger partial charge in [0.05, 0.1) is 0 Å². The van der Waals surface area contributed by atoms with Crippen LogP contribution in [0.5, 0.6) is 0 Å². The number of aromatic nitrogens is 3. The zero-order valence-corrected chi connectivity index (χ0v) is 13.3. The molecule has 7 heteroatoms. The van der Waals surface area contributed by atoms with E-state index in [0.717, 1.165) is 5.56 Å². The van der Waals surface area contributed by atoms with Crippen molar-refractivity contribution in [3.63, 3.8) is 0 Å². The number of rotatable bonds is 5. The minimum Gasteiger partial charge on any atom is -0.354 e. The SMILES string of the molecule is C[C@H](C(=O)NC[C@H](C)c1c(Cl)cccc1Cl)n1cncn1. The van der Waals surface area contributed by atoms with Crippen molar-refractivity contribution in [1.29, 1.82) is 0 Å². The van der Waals surface area contributed by atoms with Crippen molar-refractivity contribution in [3.8, 4) is 0 Å². The second-order valence-corrected chi connectivity index (χ2v) is 5.65. The highest BCUT2D eigenvalue weighted by Gasteiger charge is 2.18. The fourth-order valence-corrected chi connectivity index (χ4v) is 2.79. The van der Waals surface area contributed by atoms with Crippen molar-refractivity contribution in [2.24, 2.45) is 0 Å². The Kier molecular flexibility index (Phi) is 5.20. The lowest BCUT2D eigenvalue weighted by molar-refractivity contribution is -0.124. The largest absolute Gasteiger partial charge is 0.354 e. The van der Waals surface area contributed by atoms with Gasteiger partial charge in [-0.2, -0.15) is 5.10 Å². The van der Waals surface area contributed by atoms with Gasteiger partial charge in [-0.15, -0.1) is 0 Å². The monoisotopic (exact) mass is 326 g/mol. The van der Waals surface area contributed by atoms with Gasteiger partial charge in [-0.1, -0.05) is 36.2 Å². The molecule has 21 heavy (non-hydrogen) atoms. The summed E-state index contributed by atoms with van der Waals surface area (Å²) >= 11 is 12.3. The first-order chi connectivity index (χ1) is 10.0. The molecule has 0 radical (unpaired) electrons. The Morgan fingerprint density at radius 1 is 1.33 bits per heavy atom. The third-order valence-electron chi connectivity index (χ3n) is 3.29. The fourth-order valence-electron chi connectivity index (χ4n) is 2.02. The van der Waals surface area contributed by atoms with Gasteiger partial charge in [0.2, 0.25) is 5.91 Å². The second-order valence-electron chi connectivity index (χ2n) is 4.83. The van der Waals surface area contributed by atoms with Gasteiger partial charge in [-0.25, -0.2) is 9.67 Å². The molecule has 2 rings (SSSR count). The minimum atomic E-state index is -0.415. The van der Waals surface area contributed by atoms with Crippen LogP contribution in [-0.2, 0) is 4.79 Å². The summed E-state index contributed by atoms with van der Waals surface area (Å²) in [6, 6.07) is 4.96. The maximum atomic E-state index is 12.1. The lowest BCUT2D eigenvalue weighted by Gasteiger charge is -2.18. The van der Waals surface area contributed by atoms with Crippen LogP contribution in [0.1, 0.15) is 31.4 Å². The number of nitrogens with one attached hydrogen (secondary N) is 1. The third kappa shape index (κ3) is 3.74. The van der Waals surface area contributed by atoms with E-state index in [1.807, 2.05) is 6.92 Å². The van der Waals surface area contributed by atoms with E-state index in [1.54, 1.807) is 25.1 Å². The zero-order chi connectivity index (χ0) is 15.4. The number of halogens is 2. The Balaban J connectivity index is 1.98. The normalized spacial score (nSPS) is 13.7. The predicted octanol–water partition coefficient (Wildman–Crippen LogP) is 3.07. The van der Waals surface area contributed by atoms with E-state index in [-0.39, 0.29) is 11.8 Å². The molecule has 0 aliphatic rings. The molecule has 1 N–H and O–H groups in total. The molecular formula is C14H16Cl2N4O. The predicted molar refractivity (Wildman–Crippen MR) is 82.6 cm³/mol. The van der Waals surface area contributed by atoms with Crippen molar-refractivity contribution in [2.75, 3.05) is 6.54 Å². The van der Waals surface area contributed by atoms with Crippen LogP contribution in [0.2, 0.25) is 10.0 Å². The van der Waals surface area contributed by atoms with Crippen LogP contribution in [0.4, 0.5) is 0 Å². The average Bonchev–Trinajstić information content (AvgIpc) is 2.97. The van der Waals surface area contributed by atoms with Crippen LogP contribution >= 0.6 is 23.2 Å². The van der Waals surface area contributed by atoms with E-state index >= 15 is 0 Å². The molecule has 0 aliphatic carbocycles. The highest BCUT2D eigenvalue weighted by atomic mass is 35.5. The van der Waals surface area contributed by atoms with Gasteiger partial charge in [-0.3, -0.25) is 4.79 Å². The highest BCUT2D eigenvalue weighted by molar-refractivity contribution is 6.36. The van der Waals surface area contributed by atoms with Crippen LogP contribution in [0.25, 0.3) is 0 Å². The summed E-state index contributed by atoms with van der Waals surface area (Å²) < 4.78 is 1.50. The number of hydrogen-bond donors (Lipinski definition) is 1. The average molecular weight is 327 g/mol. The summed E-state index contributed by atoms with van der Waals surface area (Å²) in [4.78, 5) is 15.9. The van der Waals surface area contributed by atoms with Crippen LogP contribution in [0.15, 0.2) is 30.9 Å². The van der Waals surface area contributed by atoms with Gasteiger partial charge in [-0.05, 0) is 24.6 Å². The van der Waals surface area contributed by atoms with Crippen LogP contribution in [0, 0.1) is 0 Å². The standard InChI is InChI=1S/C14H16Cl2N4O/c1-9(13-11(15)4-3-5-12(13)16)6-18-14(21)10(2)20-8-17-7-19-20/h3-5,7-10H,6H2,1-2H3,(H,18,21)/t9-,10+/m0/s1. The summed E-state index contributed by atoms with van der Waals surface area (Å²) in [6.45, 7) is 4.17. The van der Waals surface area contributed by atoms with Crippen LogP contribution in [0.3, 0.4) is 0 Å². The molecule has 1 aromatic heterocycles. The molecule has 1 heterocycles. The third-order valence-corrected chi connectivity index (χ3v) is 3.95. The highest BCUT2D eigenvalue weighted by Crippen LogP contribution is 2.30. The first-order valence-electron chi connectivity index (χ1n) is 6.56. The van der Waals surface area contributed by atoms with Crippen LogP contribution < -0.4 is 5.32 Å². The fraction of sp³-hybridized carbons (Fsp3) is 0.357. The Hall–Kier alpha value is -1.59. The molecule has 112 valence electrons. The number of nitrogens with zero attached hydrogens (tertiary/aromatic N) is 3. The van der Waals surface area contributed by atoms with Crippen molar-refractivity contribution >= 4 is 29.1 Å². The molecule has 1 amide bonds. The maximum Gasteiger partial charge on any atom is 0.244 e. The Labute approximate surface area is 133 Å². The van der Waals surface area contributed by atoms with E-state index in [4.69, 9.17) is 23.2 Å². The molecule has 0 spiro atoms. The first-order valence-corrected chi connectivity index (χ1v) is 7.32.